The van der Waals surface area contributed by atoms with Crippen molar-refractivity contribution in [2.24, 2.45) is 7.05 Å². The highest BCUT2D eigenvalue weighted by atomic mass is 32.2. The second-order valence-electron chi connectivity index (χ2n) is 7.91. The summed E-state index contributed by atoms with van der Waals surface area (Å²) in [5, 5.41) is 0. The predicted molar refractivity (Wildman–Crippen MR) is 131 cm³/mol. The molecule has 0 bridgehead atoms. The van der Waals surface area contributed by atoms with E-state index >= 15 is 0 Å². The highest BCUT2D eigenvalue weighted by Crippen LogP contribution is 2.23. The van der Waals surface area contributed by atoms with E-state index in [9.17, 15) is 9.59 Å². The maximum Gasteiger partial charge on any atom is 0.329 e. The molecule has 0 spiro atoms. The van der Waals surface area contributed by atoms with Crippen LogP contribution in [-0.2, 0) is 20.1 Å². The number of nitrogens with one attached hydrogen (secondary N) is 1. The quantitative estimate of drug-likeness (QED) is 0.329. The Hall–Kier alpha value is -3.26. The lowest BCUT2D eigenvalue weighted by atomic mass is 10.2. The summed E-state index contributed by atoms with van der Waals surface area (Å²) >= 11 is 1.79. The molecule has 2 heterocycles. The molecule has 4 rings (SSSR count). The summed E-state index contributed by atoms with van der Waals surface area (Å²) in [6, 6.07) is 18.6. The van der Waals surface area contributed by atoms with Gasteiger partial charge in [-0.25, -0.2) is 4.79 Å². The fourth-order valence-corrected chi connectivity index (χ4v) is 4.54. The molecule has 1 N–H and O–H groups in total. The zero-order valence-corrected chi connectivity index (χ0v) is 19.4. The van der Waals surface area contributed by atoms with E-state index in [0.29, 0.717) is 30.2 Å². The van der Waals surface area contributed by atoms with Gasteiger partial charge >= 0.3 is 5.69 Å². The Morgan fingerprint density at radius 1 is 1.06 bits per heavy atom. The fourth-order valence-electron chi connectivity index (χ4n) is 3.70. The molecule has 0 saturated heterocycles. The van der Waals surface area contributed by atoms with Crippen LogP contribution in [0.15, 0.2) is 69.1 Å². The Morgan fingerprint density at radius 2 is 1.78 bits per heavy atom. The number of hydrogen-bond donors (Lipinski definition) is 1. The van der Waals surface area contributed by atoms with Gasteiger partial charge < -0.3 is 9.47 Å². The van der Waals surface area contributed by atoms with Crippen molar-refractivity contribution in [2.45, 2.75) is 31.3 Å². The number of rotatable bonds is 8. The van der Waals surface area contributed by atoms with E-state index in [-0.39, 0.29) is 0 Å². The standard InChI is InChI=1S/C24H27N5O2S/c1-17-10-12-19(13-11-17)32-15-7-14-29-20-21(28(3)24(31)26-22(20)30)25-23(29)27(2)16-18-8-5-4-6-9-18/h4-6,8-13H,7,14-16H2,1-3H3,(H,26,30,31). The minimum absolute atomic E-state index is 0.402. The number of benzene rings is 2. The van der Waals surface area contributed by atoms with Crippen molar-refractivity contribution in [3.8, 4) is 0 Å². The Kier molecular flexibility index (Phi) is 6.50. The first-order chi connectivity index (χ1) is 15.4. The highest BCUT2D eigenvalue weighted by molar-refractivity contribution is 7.99. The number of H-pyrrole nitrogens is 1. The van der Waals surface area contributed by atoms with Crippen LogP contribution < -0.4 is 16.1 Å². The molecule has 0 radical (unpaired) electrons. The van der Waals surface area contributed by atoms with Gasteiger partial charge in [-0.05, 0) is 36.8 Å². The molecule has 0 amide bonds. The van der Waals surface area contributed by atoms with Gasteiger partial charge in [-0.15, -0.1) is 11.8 Å². The lowest BCUT2D eigenvalue weighted by Crippen LogP contribution is -2.29. The number of hydrogen-bond acceptors (Lipinski definition) is 5. The molecule has 0 fully saturated rings. The molecule has 0 aliphatic heterocycles. The third-order valence-corrected chi connectivity index (χ3v) is 6.50. The normalized spacial score (nSPS) is 11.2. The maximum absolute atomic E-state index is 12.7. The van der Waals surface area contributed by atoms with Gasteiger partial charge in [-0.2, -0.15) is 4.98 Å². The van der Waals surface area contributed by atoms with E-state index in [1.807, 2.05) is 34.7 Å². The summed E-state index contributed by atoms with van der Waals surface area (Å²) in [4.78, 5) is 35.2. The molecular weight excluding hydrogens is 422 g/mol. The molecular formula is C24H27N5O2S. The molecule has 0 unspecified atom stereocenters. The lowest BCUT2D eigenvalue weighted by Gasteiger charge is -2.20. The number of nitrogens with zero attached hydrogens (tertiary/aromatic N) is 4. The van der Waals surface area contributed by atoms with Crippen LogP contribution >= 0.6 is 11.8 Å². The van der Waals surface area contributed by atoms with E-state index in [0.717, 1.165) is 17.7 Å². The minimum Gasteiger partial charge on any atom is -0.341 e. The van der Waals surface area contributed by atoms with E-state index in [1.165, 1.54) is 15.0 Å². The van der Waals surface area contributed by atoms with Crippen LogP contribution in [0, 0.1) is 6.92 Å². The first-order valence-electron chi connectivity index (χ1n) is 10.6. The predicted octanol–water partition coefficient (Wildman–Crippen LogP) is 3.55. The number of thioether (sulfide) groups is 1. The van der Waals surface area contributed by atoms with Crippen LogP contribution in [0.1, 0.15) is 17.5 Å². The third kappa shape index (κ3) is 4.65. The molecule has 0 aliphatic rings. The van der Waals surface area contributed by atoms with Crippen LogP contribution in [0.3, 0.4) is 0 Å². The Labute approximate surface area is 190 Å². The third-order valence-electron chi connectivity index (χ3n) is 5.41. The van der Waals surface area contributed by atoms with Gasteiger partial charge in [0.05, 0.1) is 0 Å². The Balaban J connectivity index is 1.61. The molecule has 8 heteroatoms. The van der Waals surface area contributed by atoms with Crippen molar-refractivity contribution in [1.82, 2.24) is 19.1 Å². The fraction of sp³-hybridized carbons (Fsp3) is 0.292. The maximum atomic E-state index is 12.7. The van der Waals surface area contributed by atoms with Crippen LogP contribution in [0.4, 0.5) is 5.95 Å². The molecule has 7 nitrogen and oxygen atoms in total. The summed E-state index contributed by atoms with van der Waals surface area (Å²) in [5.41, 5.74) is 2.36. The Bertz CT molecular complexity index is 1320. The zero-order chi connectivity index (χ0) is 22.7. The van der Waals surface area contributed by atoms with E-state index in [4.69, 9.17) is 4.98 Å². The van der Waals surface area contributed by atoms with Crippen LogP contribution in [0.25, 0.3) is 11.2 Å². The van der Waals surface area contributed by atoms with Gasteiger partial charge in [0, 0.05) is 32.1 Å². The second-order valence-corrected chi connectivity index (χ2v) is 9.08. The van der Waals surface area contributed by atoms with Crippen LogP contribution in [0.5, 0.6) is 0 Å². The molecule has 2 aromatic heterocycles. The van der Waals surface area contributed by atoms with E-state index < -0.39 is 11.2 Å². The van der Waals surface area contributed by atoms with E-state index in [2.05, 4.69) is 48.3 Å². The largest absolute Gasteiger partial charge is 0.341 e. The summed E-state index contributed by atoms with van der Waals surface area (Å²) in [6.07, 6.45) is 0.860. The van der Waals surface area contributed by atoms with Gasteiger partial charge in [0.2, 0.25) is 5.95 Å². The molecule has 2 aromatic carbocycles. The molecule has 166 valence electrons. The van der Waals surface area contributed by atoms with Crippen molar-refractivity contribution in [1.29, 1.82) is 0 Å². The first-order valence-corrected chi connectivity index (χ1v) is 11.6. The van der Waals surface area contributed by atoms with Crippen LogP contribution in [0.2, 0.25) is 0 Å². The molecule has 0 atom stereocenters. The second kappa shape index (κ2) is 9.48. The monoisotopic (exact) mass is 449 g/mol. The van der Waals surface area contributed by atoms with Crippen LogP contribution in [-0.4, -0.2) is 31.9 Å². The summed E-state index contributed by atoms with van der Waals surface area (Å²) < 4.78 is 3.33. The highest BCUT2D eigenvalue weighted by Gasteiger charge is 2.19. The van der Waals surface area contributed by atoms with Gasteiger partial charge in [0.1, 0.15) is 0 Å². The smallest absolute Gasteiger partial charge is 0.329 e. The molecule has 0 aliphatic carbocycles. The number of imidazole rings is 1. The first kappa shape index (κ1) is 22.0. The van der Waals surface area contributed by atoms with Gasteiger partial charge in [-0.1, -0.05) is 48.0 Å². The minimum atomic E-state index is -0.459. The van der Waals surface area contributed by atoms with Gasteiger partial charge in [0.25, 0.3) is 5.56 Å². The number of aromatic amines is 1. The van der Waals surface area contributed by atoms with Crippen molar-refractivity contribution in [3.63, 3.8) is 0 Å². The Morgan fingerprint density at radius 3 is 2.50 bits per heavy atom. The SMILES string of the molecule is Cc1ccc(SCCCn2c(N(C)Cc3ccccc3)nc3c2c(=O)[nH]c(=O)n3C)cc1. The van der Waals surface area contributed by atoms with Crippen molar-refractivity contribution in [2.75, 3.05) is 17.7 Å². The zero-order valence-electron chi connectivity index (χ0n) is 18.5. The average Bonchev–Trinajstić information content (AvgIpc) is 3.17. The number of fused-ring (bicyclic) bond motifs is 1. The number of aryl methyl sites for hydroxylation is 3. The summed E-state index contributed by atoms with van der Waals surface area (Å²) in [6.45, 7) is 3.36. The van der Waals surface area contributed by atoms with Gasteiger partial charge in [0.15, 0.2) is 11.2 Å². The summed E-state index contributed by atoms with van der Waals surface area (Å²) in [5.74, 6) is 1.59. The molecule has 32 heavy (non-hydrogen) atoms. The molecule has 4 aromatic rings. The summed E-state index contributed by atoms with van der Waals surface area (Å²) in [7, 11) is 3.59. The molecule has 0 saturated carbocycles. The number of anilines is 1. The van der Waals surface area contributed by atoms with Crippen molar-refractivity contribution in [3.05, 3.63) is 86.6 Å². The number of aromatic nitrogens is 4. The van der Waals surface area contributed by atoms with Gasteiger partial charge in [-0.3, -0.25) is 14.3 Å². The average molecular weight is 450 g/mol. The van der Waals surface area contributed by atoms with Crippen molar-refractivity contribution < 1.29 is 0 Å². The topological polar surface area (TPSA) is 75.9 Å². The van der Waals surface area contributed by atoms with E-state index in [1.54, 1.807) is 18.8 Å². The van der Waals surface area contributed by atoms with Crippen molar-refractivity contribution >= 4 is 28.9 Å². The lowest BCUT2D eigenvalue weighted by molar-refractivity contribution is 0.680.